The smallest absolute Gasteiger partial charge is 0.244 e. The van der Waals surface area contributed by atoms with Crippen molar-refractivity contribution in [2.45, 2.75) is 12.8 Å². The highest BCUT2D eigenvalue weighted by Gasteiger charge is 2.50. The normalized spacial score (nSPS) is 15.5. The van der Waals surface area contributed by atoms with Gasteiger partial charge in [-0.25, -0.2) is 4.39 Å². The molecule has 0 radical (unpaired) electrons. The molecule has 0 bridgehead atoms. The number of hydrogen-bond donors (Lipinski definition) is 1. The Hall–Kier alpha value is -2.40. The first kappa shape index (κ1) is 11.1. The number of benzene rings is 1. The molecule has 2 rings (SSSR count). The molecule has 1 aromatic rings. The summed E-state index contributed by atoms with van der Waals surface area (Å²) in [4.78, 5) is 11.7. The molecule has 0 aromatic heterocycles. The Labute approximate surface area is 97.3 Å². The van der Waals surface area contributed by atoms with Gasteiger partial charge in [-0.05, 0) is 25.0 Å². The van der Waals surface area contributed by atoms with E-state index >= 15 is 0 Å². The molecule has 0 unspecified atom stereocenters. The van der Waals surface area contributed by atoms with E-state index in [1.54, 1.807) is 6.07 Å². The fraction of sp³-hybridized carbons (Fsp3) is 0.250. The topological polar surface area (TPSA) is 76.7 Å². The lowest BCUT2D eigenvalue weighted by Crippen LogP contribution is -2.23. The lowest BCUT2D eigenvalue weighted by Gasteiger charge is -2.09. The summed E-state index contributed by atoms with van der Waals surface area (Å²) in [7, 11) is 0. The van der Waals surface area contributed by atoms with Crippen molar-refractivity contribution in [3.63, 3.8) is 0 Å². The van der Waals surface area contributed by atoms with Crippen molar-refractivity contribution in [2.75, 3.05) is 5.32 Å². The van der Waals surface area contributed by atoms with E-state index in [0.717, 1.165) is 6.07 Å². The van der Waals surface area contributed by atoms with Gasteiger partial charge in [-0.3, -0.25) is 4.79 Å². The first-order valence-corrected chi connectivity index (χ1v) is 5.04. The van der Waals surface area contributed by atoms with Gasteiger partial charge in [-0.2, -0.15) is 10.5 Å². The largest absolute Gasteiger partial charge is 0.323 e. The van der Waals surface area contributed by atoms with E-state index in [0.29, 0.717) is 12.8 Å². The number of rotatable bonds is 2. The zero-order chi connectivity index (χ0) is 12.5. The van der Waals surface area contributed by atoms with Crippen molar-refractivity contribution in [3.05, 3.63) is 29.6 Å². The number of carbonyl (C=O) groups excluding carboxylic acids is 1. The molecule has 1 aliphatic carbocycles. The second-order valence-corrected chi connectivity index (χ2v) is 3.92. The number of anilines is 1. The van der Waals surface area contributed by atoms with Crippen LogP contribution in [-0.2, 0) is 4.79 Å². The summed E-state index contributed by atoms with van der Waals surface area (Å²) >= 11 is 0. The predicted molar refractivity (Wildman–Crippen MR) is 57.0 cm³/mol. The van der Waals surface area contributed by atoms with E-state index in [9.17, 15) is 9.18 Å². The summed E-state index contributed by atoms with van der Waals surface area (Å²) < 4.78 is 13.3. The van der Waals surface area contributed by atoms with E-state index in [2.05, 4.69) is 5.32 Å². The summed E-state index contributed by atoms with van der Waals surface area (Å²) in [5, 5.41) is 20.0. The molecule has 1 aromatic carbocycles. The van der Waals surface area contributed by atoms with Gasteiger partial charge in [0, 0.05) is 0 Å². The number of halogens is 1. The van der Waals surface area contributed by atoms with Crippen LogP contribution < -0.4 is 5.32 Å². The molecule has 0 saturated heterocycles. The van der Waals surface area contributed by atoms with E-state index in [4.69, 9.17) is 10.5 Å². The molecule has 1 N–H and O–H groups in total. The van der Waals surface area contributed by atoms with Crippen LogP contribution in [0.1, 0.15) is 18.4 Å². The summed E-state index contributed by atoms with van der Waals surface area (Å²) in [6.07, 6.45) is 1.01. The molecule has 1 aliphatic rings. The van der Waals surface area contributed by atoms with Crippen LogP contribution in [0.5, 0.6) is 0 Å². The SMILES string of the molecule is N#Cc1c(F)cccc1NC(=O)C1(C#N)CC1. The molecule has 84 valence electrons. The van der Waals surface area contributed by atoms with Gasteiger partial charge in [0.15, 0.2) is 0 Å². The molecule has 0 heterocycles. The number of hydrogen-bond acceptors (Lipinski definition) is 3. The fourth-order valence-electron chi connectivity index (χ4n) is 1.50. The van der Waals surface area contributed by atoms with Crippen molar-refractivity contribution >= 4 is 11.6 Å². The molecule has 0 aliphatic heterocycles. The second-order valence-electron chi connectivity index (χ2n) is 3.92. The van der Waals surface area contributed by atoms with Crippen LogP contribution in [-0.4, -0.2) is 5.91 Å². The Balaban J connectivity index is 2.27. The molecular formula is C12H8FN3O. The molecule has 1 amide bonds. The molecule has 0 spiro atoms. The van der Waals surface area contributed by atoms with Gasteiger partial charge < -0.3 is 5.32 Å². The minimum atomic E-state index is -0.987. The van der Waals surface area contributed by atoms with E-state index in [1.807, 2.05) is 6.07 Å². The van der Waals surface area contributed by atoms with Crippen LogP contribution in [0.25, 0.3) is 0 Å². The molecule has 17 heavy (non-hydrogen) atoms. The van der Waals surface area contributed by atoms with Gasteiger partial charge in [-0.1, -0.05) is 6.07 Å². The summed E-state index contributed by atoms with van der Waals surface area (Å²) in [5.74, 6) is -1.16. The predicted octanol–water partition coefficient (Wildman–Crippen LogP) is 1.94. The maximum Gasteiger partial charge on any atom is 0.244 e. The fourth-order valence-corrected chi connectivity index (χ4v) is 1.50. The highest BCUT2D eigenvalue weighted by molar-refractivity contribution is 6.00. The van der Waals surface area contributed by atoms with Gasteiger partial charge >= 0.3 is 0 Å². The van der Waals surface area contributed by atoms with Crippen LogP contribution in [0, 0.1) is 33.9 Å². The summed E-state index contributed by atoms with van der Waals surface area (Å²) in [6.45, 7) is 0. The molecule has 1 saturated carbocycles. The van der Waals surface area contributed by atoms with Crippen molar-refractivity contribution in [2.24, 2.45) is 5.41 Å². The summed E-state index contributed by atoms with van der Waals surface area (Å²) in [6, 6.07) is 7.60. The zero-order valence-electron chi connectivity index (χ0n) is 8.83. The highest BCUT2D eigenvalue weighted by Crippen LogP contribution is 2.45. The van der Waals surface area contributed by atoms with Crippen molar-refractivity contribution in [1.82, 2.24) is 0 Å². The Morgan fingerprint density at radius 1 is 1.41 bits per heavy atom. The molecule has 4 nitrogen and oxygen atoms in total. The standard InChI is InChI=1S/C12H8FN3O/c13-9-2-1-3-10(8(9)6-14)16-11(17)12(7-15)4-5-12/h1-3H,4-5H2,(H,16,17). The Morgan fingerprint density at radius 3 is 2.65 bits per heavy atom. The third-order valence-corrected chi connectivity index (χ3v) is 2.77. The van der Waals surface area contributed by atoms with Gasteiger partial charge in [0.05, 0.1) is 11.8 Å². The Morgan fingerprint density at radius 2 is 2.12 bits per heavy atom. The van der Waals surface area contributed by atoms with E-state index in [-0.39, 0.29) is 11.3 Å². The number of carbonyl (C=O) groups is 1. The highest BCUT2D eigenvalue weighted by atomic mass is 19.1. The maximum absolute atomic E-state index is 13.3. The second kappa shape index (κ2) is 3.88. The van der Waals surface area contributed by atoms with Crippen LogP contribution >= 0.6 is 0 Å². The molecule has 5 heteroatoms. The van der Waals surface area contributed by atoms with Crippen LogP contribution in [0.15, 0.2) is 18.2 Å². The number of nitrogens with zero attached hydrogens (tertiary/aromatic N) is 2. The van der Waals surface area contributed by atoms with Gasteiger partial charge in [0.2, 0.25) is 5.91 Å². The Kier molecular flexibility index (Phi) is 2.53. The van der Waals surface area contributed by atoms with E-state index in [1.165, 1.54) is 12.1 Å². The number of nitrogens with one attached hydrogen (secondary N) is 1. The van der Waals surface area contributed by atoms with E-state index < -0.39 is 17.1 Å². The third-order valence-electron chi connectivity index (χ3n) is 2.77. The van der Waals surface area contributed by atoms with Crippen molar-refractivity contribution in [1.29, 1.82) is 10.5 Å². The third kappa shape index (κ3) is 1.83. The van der Waals surface area contributed by atoms with Crippen LogP contribution in [0.2, 0.25) is 0 Å². The number of nitriles is 2. The molecular weight excluding hydrogens is 221 g/mol. The van der Waals surface area contributed by atoms with Crippen molar-refractivity contribution < 1.29 is 9.18 Å². The Bertz CT molecular complexity index is 564. The first-order valence-electron chi connectivity index (χ1n) is 5.04. The zero-order valence-corrected chi connectivity index (χ0v) is 8.83. The van der Waals surface area contributed by atoms with Gasteiger partial charge in [0.25, 0.3) is 0 Å². The monoisotopic (exact) mass is 229 g/mol. The molecule has 0 atom stereocenters. The summed E-state index contributed by atoms with van der Waals surface area (Å²) in [5.41, 5.74) is -1.09. The average Bonchev–Trinajstić information content (AvgIpc) is 3.10. The minimum Gasteiger partial charge on any atom is -0.323 e. The molecule has 1 fully saturated rings. The van der Waals surface area contributed by atoms with Gasteiger partial charge in [0.1, 0.15) is 22.9 Å². The van der Waals surface area contributed by atoms with Crippen molar-refractivity contribution in [3.8, 4) is 12.1 Å². The number of amides is 1. The lowest BCUT2D eigenvalue weighted by molar-refractivity contribution is -0.119. The maximum atomic E-state index is 13.3. The quantitative estimate of drug-likeness (QED) is 0.841. The lowest BCUT2D eigenvalue weighted by atomic mass is 10.1. The average molecular weight is 229 g/mol. The van der Waals surface area contributed by atoms with Gasteiger partial charge in [-0.15, -0.1) is 0 Å². The first-order chi connectivity index (χ1) is 8.13. The van der Waals surface area contributed by atoms with Crippen LogP contribution in [0.3, 0.4) is 0 Å². The minimum absolute atomic E-state index is 0.110. The van der Waals surface area contributed by atoms with Crippen LogP contribution in [0.4, 0.5) is 10.1 Å².